The van der Waals surface area contributed by atoms with Crippen LogP contribution in [0.4, 0.5) is 17.6 Å². The topological polar surface area (TPSA) is 26.0 Å². The Kier molecular flexibility index (Phi) is 3.47. The summed E-state index contributed by atoms with van der Waals surface area (Å²) in [4.78, 5) is 0. The lowest BCUT2D eigenvalue weighted by molar-refractivity contribution is -0.0690. The quantitative estimate of drug-likeness (QED) is 0.760. The molecule has 1 nitrogen and oxygen atoms in total. The molecule has 0 bridgehead atoms. The zero-order valence-corrected chi connectivity index (χ0v) is 7.68. The number of halogens is 4. The van der Waals surface area contributed by atoms with Crippen LogP contribution in [0.3, 0.4) is 0 Å². The summed E-state index contributed by atoms with van der Waals surface area (Å²) in [7, 11) is 0. The maximum Gasteiger partial charge on any atom is 0.416 e. The lowest BCUT2D eigenvalue weighted by Crippen LogP contribution is -2.12. The minimum absolute atomic E-state index is 0.215. The molecule has 5 heteroatoms. The molecule has 0 saturated carbocycles. The van der Waals surface area contributed by atoms with Crippen molar-refractivity contribution in [1.29, 1.82) is 0 Å². The van der Waals surface area contributed by atoms with Crippen LogP contribution < -0.4 is 5.73 Å². The van der Waals surface area contributed by atoms with E-state index in [1.54, 1.807) is 0 Å². The Hall–Kier alpha value is -1.36. The Morgan fingerprint density at radius 3 is 2.47 bits per heavy atom. The van der Waals surface area contributed by atoms with E-state index in [-0.39, 0.29) is 12.1 Å². The van der Waals surface area contributed by atoms with E-state index in [4.69, 9.17) is 5.73 Å². The average Bonchev–Trinajstić information content (AvgIpc) is 2.12. The first-order chi connectivity index (χ1) is 6.95. The fourth-order valence-corrected chi connectivity index (χ4v) is 1.17. The number of hydrogen-bond donors (Lipinski definition) is 1. The summed E-state index contributed by atoms with van der Waals surface area (Å²) >= 11 is 0. The molecule has 0 aromatic heterocycles. The van der Waals surface area contributed by atoms with Crippen molar-refractivity contribution in [3.05, 3.63) is 41.7 Å². The molecule has 0 amide bonds. The van der Waals surface area contributed by atoms with Crippen molar-refractivity contribution in [2.24, 2.45) is 5.73 Å². The maximum absolute atomic E-state index is 12.7. The van der Waals surface area contributed by atoms with E-state index in [0.717, 1.165) is 18.2 Å². The normalized spacial score (nSPS) is 13.0. The second-order valence-corrected chi connectivity index (χ2v) is 2.86. The standard InChI is InChI=1S/C10H9F4N/c11-8-3-1-2-7(6-8)9(4-5-15)10(12,13)14/h1-4,6H,5,15H2/b9-4+. The van der Waals surface area contributed by atoms with E-state index < -0.39 is 17.6 Å². The third-order valence-corrected chi connectivity index (χ3v) is 1.76. The van der Waals surface area contributed by atoms with Crippen molar-refractivity contribution >= 4 is 5.57 Å². The zero-order valence-electron chi connectivity index (χ0n) is 7.68. The van der Waals surface area contributed by atoms with Crippen LogP contribution in [0.5, 0.6) is 0 Å². The number of benzene rings is 1. The molecule has 0 atom stereocenters. The van der Waals surface area contributed by atoms with Gasteiger partial charge >= 0.3 is 6.18 Å². The molecule has 0 radical (unpaired) electrons. The second kappa shape index (κ2) is 4.44. The lowest BCUT2D eigenvalue weighted by atomic mass is 10.1. The molecule has 2 N–H and O–H groups in total. The molecule has 0 fully saturated rings. The van der Waals surface area contributed by atoms with Crippen LogP contribution in [0.25, 0.3) is 5.57 Å². The highest BCUT2D eigenvalue weighted by atomic mass is 19.4. The van der Waals surface area contributed by atoms with Gasteiger partial charge in [0.25, 0.3) is 0 Å². The van der Waals surface area contributed by atoms with Crippen LogP contribution in [-0.2, 0) is 0 Å². The largest absolute Gasteiger partial charge is 0.416 e. The van der Waals surface area contributed by atoms with Gasteiger partial charge in [-0.2, -0.15) is 13.2 Å². The minimum Gasteiger partial charge on any atom is -0.327 e. The van der Waals surface area contributed by atoms with Gasteiger partial charge < -0.3 is 5.73 Å². The average molecular weight is 219 g/mol. The van der Waals surface area contributed by atoms with Gasteiger partial charge in [-0.25, -0.2) is 4.39 Å². The van der Waals surface area contributed by atoms with E-state index >= 15 is 0 Å². The Morgan fingerprint density at radius 2 is 2.00 bits per heavy atom. The van der Waals surface area contributed by atoms with Crippen molar-refractivity contribution in [3.8, 4) is 0 Å². The summed E-state index contributed by atoms with van der Waals surface area (Å²) < 4.78 is 50.2. The van der Waals surface area contributed by atoms with Crippen molar-refractivity contribution in [3.63, 3.8) is 0 Å². The van der Waals surface area contributed by atoms with Crippen LogP contribution in [0.2, 0.25) is 0 Å². The zero-order chi connectivity index (χ0) is 11.5. The molecular weight excluding hydrogens is 210 g/mol. The number of hydrogen-bond acceptors (Lipinski definition) is 1. The van der Waals surface area contributed by atoms with Crippen molar-refractivity contribution in [2.75, 3.05) is 6.54 Å². The smallest absolute Gasteiger partial charge is 0.327 e. The molecule has 0 aliphatic heterocycles. The van der Waals surface area contributed by atoms with Gasteiger partial charge in [0.05, 0.1) is 5.57 Å². The molecule has 0 aliphatic rings. The summed E-state index contributed by atoms with van der Waals surface area (Å²) in [6.45, 7) is -0.245. The van der Waals surface area contributed by atoms with Crippen LogP contribution in [0, 0.1) is 5.82 Å². The molecule has 0 unspecified atom stereocenters. The predicted octanol–water partition coefficient (Wildman–Crippen LogP) is 2.73. The Balaban J connectivity index is 3.17. The van der Waals surface area contributed by atoms with E-state index in [9.17, 15) is 17.6 Å². The highest BCUT2D eigenvalue weighted by Gasteiger charge is 2.34. The first-order valence-corrected chi connectivity index (χ1v) is 4.18. The third-order valence-electron chi connectivity index (χ3n) is 1.76. The second-order valence-electron chi connectivity index (χ2n) is 2.86. The maximum atomic E-state index is 12.7. The molecule has 0 saturated heterocycles. The summed E-state index contributed by atoms with van der Waals surface area (Å²) in [5.41, 5.74) is 3.90. The number of allylic oxidation sites excluding steroid dienone is 1. The first-order valence-electron chi connectivity index (χ1n) is 4.18. The highest BCUT2D eigenvalue weighted by Crippen LogP contribution is 2.33. The van der Waals surface area contributed by atoms with E-state index in [0.29, 0.717) is 0 Å². The fraction of sp³-hybridized carbons (Fsp3) is 0.200. The monoisotopic (exact) mass is 219 g/mol. The number of nitrogens with two attached hydrogens (primary N) is 1. The van der Waals surface area contributed by atoms with Crippen molar-refractivity contribution < 1.29 is 17.6 Å². The van der Waals surface area contributed by atoms with Gasteiger partial charge in [0.2, 0.25) is 0 Å². The molecule has 1 aromatic rings. The van der Waals surface area contributed by atoms with Gasteiger partial charge in [-0.15, -0.1) is 0 Å². The predicted molar refractivity (Wildman–Crippen MR) is 49.5 cm³/mol. The Labute approximate surface area is 84.2 Å². The minimum atomic E-state index is -4.52. The van der Waals surface area contributed by atoms with E-state index in [1.807, 2.05) is 0 Å². The number of alkyl halides is 3. The summed E-state index contributed by atoms with van der Waals surface area (Å²) in [6, 6.07) is 4.33. The van der Waals surface area contributed by atoms with E-state index in [2.05, 4.69) is 0 Å². The highest BCUT2D eigenvalue weighted by molar-refractivity contribution is 5.69. The van der Waals surface area contributed by atoms with Gasteiger partial charge in [0.1, 0.15) is 5.82 Å². The third kappa shape index (κ3) is 3.06. The lowest BCUT2D eigenvalue weighted by Gasteiger charge is -2.11. The molecule has 82 valence electrons. The molecule has 0 aliphatic carbocycles. The Bertz CT molecular complexity index is 368. The van der Waals surface area contributed by atoms with Crippen LogP contribution in [0.15, 0.2) is 30.3 Å². The fourth-order valence-electron chi connectivity index (χ4n) is 1.17. The molecular formula is C10H9F4N. The molecule has 15 heavy (non-hydrogen) atoms. The van der Waals surface area contributed by atoms with Gasteiger partial charge in [0, 0.05) is 6.54 Å². The first kappa shape index (κ1) is 11.7. The van der Waals surface area contributed by atoms with Gasteiger partial charge in [0.15, 0.2) is 0 Å². The molecule has 1 rings (SSSR count). The molecule has 0 spiro atoms. The summed E-state index contributed by atoms with van der Waals surface area (Å²) in [6.07, 6.45) is -3.69. The van der Waals surface area contributed by atoms with Crippen LogP contribution in [0.1, 0.15) is 5.56 Å². The van der Waals surface area contributed by atoms with Crippen LogP contribution in [-0.4, -0.2) is 12.7 Å². The van der Waals surface area contributed by atoms with Gasteiger partial charge in [-0.05, 0) is 17.7 Å². The van der Waals surface area contributed by atoms with E-state index in [1.165, 1.54) is 12.1 Å². The summed E-state index contributed by atoms with van der Waals surface area (Å²) in [5, 5.41) is 0. The Morgan fingerprint density at radius 1 is 1.33 bits per heavy atom. The van der Waals surface area contributed by atoms with Crippen molar-refractivity contribution in [1.82, 2.24) is 0 Å². The van der Waals surface area contributed by atoms with Crippen LogP contribution >= 0.6 is 0 Å². The number of rotatable bonds is 2. The van der Waals surface area contributed by atoms with Gasteiger partial charge in [-0.1, -0.05) is 18.2 Å². The van der Waals surface area contributed by atoms with Crippen molar-refractivity contribution in [2.45, 2.75) is 6.18 Å². The SMILES string of the molecule is NC/C=C(\c1cccc(F)c1)C(F)(F)F. The molecule has 1 aromatic carbocycles. The van der Waals surface area contributed by atoms with Gasteiger partial charge in [-0.3, -0.25) is 0 Å². The summed E-state index contributed by atoms with van der Waals surface area (Å²) in [5.74, 6) is -0.709. The molecule has 0 heterocycles.